The van der Waals surface area contributed by atoms with E-state index in [0.717, 1.165) is 17.7 Å². The van der Waals surface area contributed by atoms with Crippen molar-refractivity contribution >= 4 is 5.97 Å². The second kappa shape index (κ2) is 5.62. The van der Waals surface area contributed by atoms with Crippen molar-refractivity contribution in [2.24, 2.45) is 12.8 Å². The van der Waals surface area contributed by atoms with E-state index in [2.05, 4.69) is 10.4 Å². The lowest BCUT2D eigenvalue weighted by molar-refractivity contribution is -0.138. The maximum absolute atomic E-state index is 10.5. The lowest BCUT2D eigenvalue weighted by Gasteiger charge is -2.07. The molecule has 6 heteroatoms. The predicted octanol–water partition coefficient (Wildman–Crippen LogP) is -0.516. The summed E-state index contributed by atoms with van der Waals surface area (Å²) < 4.78 is 1.76. The Morgan fingerprint density at radius 1 is 1.75 bits per heavy atom. The van der Waals surface area contributed by atoms with E-state index in [9.17, 15) is 4.79 Å². The summed E-state index contributed by atoms with van der Waals surface area (Å²) in [4.78, 5) is 10.5. The van der Waals surface area contributed by atoms with Gasteiger partial charge >= 0.3 is 5.97 Å². The van der Waals surface area contributed by atoms with Gasteiger partial charge in [0.15, 0.2) is 0 Å². The first kappa shape index (κ1) is 12.7. The Hall–Kier alpha value is -1.40. The van der Waals surface area contributed by atoms with Crippen LogP contribution in [0.3, 0.4) is 0 Å². The molecule has 16 heavy (non-hydrogen) atoms. The predicted molar refractivity (Wildman–Crippen MR) is 59.9 cm³/mol. The van der Waals surface area contributed by atoms with Crippen LogP contribution in [0, 0.1) is 0 Å². The number of aliphatic carboxylic acids is 1. The average molecular weight is 226 g/mol. The molecule has 4 N–H and O–H groups in total. The highest BCUT2D eigenvalue weighted by Gasteiger charge is 2.11. The molecule has 0 spiro atoms. The number of aryl methyl sites for hydroxylation is 2. The zero-order valence-corrected chi connectivity index (χ0v) is 9.60. The van der Waals surface area contributed by atoms with Gasteiger partial charge in [-0.2, -0.15) is 5.10 Å². The highest BCUT2D eigenvalue weighted by molar-refractivity contribution is 5.73. The third kappa shape index (κ3) is 3.32. The summed E-state index contributed by atoms with van der Waals surface area (Å²) in [5.74, 6) is -0.991. The molecule has 90 valence electrons. The van der Waals surface area contributed by atoms with Crippen molar-refractivity contribution in [1.82, 2.24) is 15.1 Å². The molecular weight excluding hydrogens is 208 g/mol. The summed E-state index contributed by atoms with van der Waals surface area (Å²) in [5, 5.41) is 15.9. The number of rotatable bonds is 6. The minimum atomic E-state index is -0.991. The largest absolute Gasteiger partial charge is 0.480 e. The lowest BCUT2D eigenvalue weighted by Crippen LogP contribution is -2.40. The molecule has 0 saturated heterocycles. The number of nitrogens with one attached hydrogen (secondary N) is 1. The molecule has 0 fully saturated rings. The molecule has 1 unspecified atom stereocenters. The maximum Gasteiger partial charge on any atom is 0.321 e. The van der Waals surface area contributed by atoms with Gasteiger partial charge in [0.1, 0.15) is 6.04 Å². The van der Waals surface area contributed by atoms with Gasteiger partial charge in [-0.05, 0) is 6.42 Å². The van der Waals surface area contributed by atoms with Gasteiger partial charge in [0.05, 0.1) is 5.69 Å². The van der Waals surface area contributed by atoms with E-state index in [-0.39, 0.29) is 6.54 Å². The van der Waals surface area contributed by atoms with Crippen LogP contribution in [-0.2, 0) is 24.8 Å². The van der Waals surface area contributed by atoms with Crippen molar-refractivity contribution in [2.45, 2.75) is 25.9 Å². The first-order chi connectivity index (χ1) is 7.54. The van der Waals surface area contributed by atoms with Crippen molar-refractivity contribution in [3.8, 4) is 0 Å². The minimum absolute atomic E-state index is 0.257. The Bertz CT molecular complexity index is 362. The number of nitrogens with two attached hydrogens (primary N) is 1. The van der Waals surface area contributed by atoms with Crippen molar-refractivity contribution in [3.63, 3.8) is 0 Å². The number of carboxylic acid groups (broad SMARTS) is 1. The van der Waals surface area contributed by atoms with E-state index in [1.54, 1.807) is 4.68 Å². The Morgan fingerprint density at radius 3 is 3.00 bits per heavy atom. The number of aromatic nitrogens is 2. The third-order valence-corrected chi connectivity index (χ3v) is 2.32. The van der Waals surface area contributed by atoms with Crippen LogP contribution in [0.25, 0.3) is 0 Å². The van der Waals surface area contributed by atoms with E-state index in [0.29, 0.717) is 6.54 Å². The molecule has 0 aliphatic rings. The molecule has 6 nitrogen and oxygen atoms in total. The third-order valence-electron chi connectivity index (χ3n) is 2.32. The fraction of sp³-hybridized carbons (Fsp3) is 0.600. The van der Waals surface area contributed by atoms with E-state index < -0.39 is 12.0 Å². The monoisotopic (exact) mass is 226 g/mol. The van der Waals surface area contributed by atoms with E-state index >= 15 is 0 Å². The van der Waals surface area contributed by atoms with Gasteiger partial charge in [0, 0.05) is 31.9 Å². The van der Waals surface area contributed by atoms with Gasteiger partial charge in [0.2, 0.25) is 0 Å². The number of hydrogen-bond donors (Lipinski definition) is 3. The summed E-state index contributed by atoms with van der Waals surface area (Å²) in [5.41, 5.74) is 7.49. The van der Waals surface area contributed by atoms with Crippen molar-refractivity contribution in [2.75, 3.05) is 6.54 Å². The molecule has 0 aliphatic carbocycles. The Kier molecular flexibility index (Phi) is 4.45. The molecule has 1 heterocycles. The van der Waals surface area contributed by atoms with Gasteiger partial charge < -0.3 is 16.2 Å². The van der Waals surface area contributed by atoms with Crippen LogP contribution >= 0.6 is 0 Å². The standard InChI is InChI=1S/C10H18N4O2/c1-3-9-7(6-14(2)13-9)4-12-5-8(11)10(15)16/h6,8,12H,3-5,11H2,1-2H3,(H,15,16). The van der Waals surface area contributed by atoms with Gasteiger partial charge in [-0.15, -0.1) is 0 Å². The quantitative estimate of drug-likeness (QED) is 0.607. The van der Waals surface area contributed by atoms with Crippen LogP contribution in [0.5, 0.6) is 0 Å². The SMILES string of the molecule is CCc1nn(C)cc1CNCC(N)C(=O)O. The average Bonchev–Trinajstić information content (AvgIpc) is 2.58. The zero-order chi connectivity index (χ0) is 12.1. The van der Waals surface area contributed by atoms with Crippen LogP contribution in [0.2, 0.25) is 0 Å². The van der Waals surface area contributed by atoms with Crippen LogP contribution in [0.4, 0.5) is 0 Å². The summed E-state index contributed by atoms with van der Waals surface area (Å²) in [7, 11) is 1.87. The fourth-order valence-corrected chi connectivity index (χ4v) is 1.48. The highest BCUT2D eigenvalue weighted by Crippen LogP contribution is 2.06. The fourth-order valence-electron chi connectivity index (χ4n) is 1.48. The summed E-state index contributed by atoms with van der Waals surface area (Å²) in [6, 6.07) is -0.859. The van der Waals surface area contributed by atoms with Crippen molar-refractivity contribution in [3.05, 3.63) is 17.5 Å². The lowest BCUT2D eigenvalue weighted by atomic mass is 10.2. The van der Waals surface area contributed by atoms with E-state index in [4.69, 9.17) is 10.8 Å². The molecule has 0 radical (unpaired) electrons. The highest BCUT2D eigenvalue weighted by atomic mass is 16.4. The molecule has 0 amide bonds. The second-order valence-electron chi connectivity index (χ2n) is 3.70. The molecule has 1 atom stereocenters. The van der Waals surface area contributed by atoms with Gasteiger partial charge in [-0.25, -0.2) is 0 Å². The second-order valence-corrected chi connectivity index (χ2v) is 3.70. The Morgan fingerprint density at radius 2 is 2.44 bits per heavy atom. The smallest absolute Gasteiger partial charge is 0.321 e. The molecule has 0 bridgehead atoms. The van der Waals surface area contributed by atoms with Crippen molar-refractivity contribution in [1.29, 1.82) is 0 Å². The number of nitrogens with zero attached hydrogens (tertiary/aromatic N) is 2. The normalized spacial score (nSPS) is 12.7. The Balaban J connectivity index is 2.45. The summed E-state index contributed by atoms with van der Waals surface area (Å²) in [6.45, 7) is 2.89. The number of hydrogen-bond acceptors (Lipinski definition) is 4. The van der Waals surface area contributed by atoms with Gasteiger partial charge in [-0.3, -0.25) is 9.48 Å². The molecule has 1 aromatic rings. The summed E-state index contributed by atoms with van der Waals surface area (Å²) >= 11 is 0. The van der Waals surface area contributed by atoms with Gasteiger partial charge in [-0.1, -0.05) is 6.92 Å². The number of carboxylic acids is 1. The number of carbonyl (C=O) groups is 1. The first-order valence-electron chi connectivity index (χ1n) is 5.25. The molecule has 0 aliphatic heterocycles. The van der Waals surface area contributed by atoms with Crippen LogP contribution in [0.1, 0.15) is 18.2 Å². The molecule has 1 aromatic heterocycles. The maximum atomic E-state index is 10.5. The van der Waals surface area contributed by atoms with E-state index in [1.165, 1.54) is 0 Å². The summed E-state index contributed by atoms with van der Waals surface area (Å²) in [6.07, 6.45) is 2.79. The molecule has 0 saturated carbocycles. The van der Waals surface area contributed by atoms with Gasteiger partial charge in [0.25, 0.3) is 0 Å². The molecule has 1 rings (SSSR count). The topological polar surface area (TPSA) is 93.2 Å². The minimum Gasteiger partial charge on any atom is -0.480 e. The zero-order valence-electron chi connectivity index (χ0n) is 9.60. The van der Waals surface area contributed by atoms with Crippen LogP contribution in [-0.4, -0.2) is 33.4 Å². The van der Waals surface area contributed by atoms with Crippen LogP contribution < -0.4 is 11.1 Å². The Labute approximate surface area is 94.4 Å². The van der Waals surface area contributed by atoms with Crippen molar-refractivity contribution < 1.29 is 9.90 Å². The first-order valence-corrected chi connectivity index (χ1v) is 5.25. The van der Waals surface area contributed by atoms with Crippen LogP contribution in [0.15, 0.2) is 6.20 Å². The molecule has 0 aromatic carbocycles. The molecular formula is C10H18N4O2. The van der Waals surface area contributed by atoms with E-state index in [1.807, 2.05) is 20.2 Å².